The fourth-order valence-corrected chi connectivity index (χ4v) is 3.88. The first-order valence-corrected chi connectivity index (χ1v) is 13.5. The molecule has 1 aliphatic heterocycles. The lowest BCUT2D eigenvalue weighted by atomic mass is 9.97. The fourth-order valence-electron chi connectivity index (χ4n) is 3.88. The number of carbonyl (C=O) groups is 5. The molecule has 0 bridgehead atoms. The van der Waals surface area contributed by atoms with Gasteiger partial charge in [-0.05, 0) is 65.9 Å². The Hall–Kier alpha value is -4.03. The number of hydrogen-bond donors (Lipinski definition) is 3. The number of carboxylic acid groups (broad SMARTS) is 1. The van der Waals surface area contributed by atoms with E-state index in [9.17, 15) is 29.1 Å². The summed E-state index contributed by atoms with van der Waals surface area (Å²) in [6.07, 6.45) is -2.39. The average molecular weight is 579 g/mol. The summed E-state index contributed by atoms with van der Waals surface area (Å²) in [7, 11) is 0. The molecule has 1 atom stereocenters. The highest BCUT2D eigenvalue weighted by molar-refractivity contribution is 5.90. The molecule has 1 aromatic rings. The Labute approximate surface area is 240 Å². The standard InChI is InChI=1S/C28H42N4O9/c1-27(2,3)40-24(35)29-21(16-22(33)39-18-20-10-8-7-9-11-20)23(34)30-32(26(38)41-28(4,5)6)17-19-12-14-31(15-13-19)25(36)37/h7-11,19,21H,12-18H2,1-6H3,(H,29,35)(H,30,34)(H,36,37)/t21-/m0/s1. The number of likely N-dealkylation sites (tertiary alicyclic amines) is 1. The number of benzene rings is 1. The van der Waals surface area contributed by atoms with Crippen molar-refractivity contribution < 1.29 is 43.3 Å². The molecule has 0 saturated carbocycles. The molecule has 228 valence electrons. The molecule has 0 aliphatic carbocycles. The van der Waals surface area contributed by atoms with Crippen LogP contribution >= 0.6 is 0 Å². The molecule has 1 heterocycles. The zero-order valence-corrected chi connectivity index (χ0v) is 24.6. The van der Waals surface area contributed by atoms with Gasteiger partial charge in [0, 0.05) is 19.6 Å². The number of hydrazine groups is 1. The van der Waals surface area contributed by atoms with Crippen molar-refractivity contribution in [3.63, 3.8) is 0 Å². The summed E-state index contributed by atoms with van der Waals surface area (Å²) in [5, 5.41) is 12.6. The number of alkyl carbamates (subject to hydrolysis) is 1. The number of hydrogen-bond acceptors (Lipinski definition) is 8. The second-order valence-corrected chi connectivity index (χ2v) is 11.8. The molecular weight excluding hydrogens is 536 g/mol. The Morgan fingerprint density at radius 2 is 1.56 bits per heavy atom. The van der Waals surface area contributed by atoms with Crippen molar-refractivity contribution in [1.82, 2.24) is 20.7 Å². The molecule has 0 aromatic heterocycles. The molecular formula is C28H42N4O9. The highest BCUT2D eigenvalue weighted by Gasteiger charge is 2.33. The second-order valence-electron chi connectivity index (χ2n) is 11.8. The summed E-state index contributed by atoms with van der Waals surface area (Å²) in [6.45, 7) is 10.5. The van der Waals surface area contributed by atoms with Crippen LogP contribution < -0.4 is 10.7 Å². The van der Waals surface area contributed by atoms with Crippen molar-refractivity contribution in [2.75, 3.05) is 19.6 Å². The first kappa shape index (κ1) is 33.2. The van der Waals surface area contributed by atoms with E-state index in [1.54, 1.807) is 65.8 Å². The summed E-state index contributed by atoms with van der Waals surface area (Å²) in [4.78, 5) is 64.2. The summed E-state index contributed by atoms with van der Waals surface area (Å²) < 4.78 is 16.0. The van der Waals surface area contributed by atoms with Crippen LogP contribution in [-0.4, -0.2) is 82.0 Å². The first-order chi connectivity index (χ1) is 19.0. The Bertz CT molecular complexity index is 1060. The number of esters is 1. The Morgan fingerprint density at radius 1 is 0.976 bits per heavy atom. The van der Waals surface area contributed by atoms with Crippen LogP contribution in [0.1, 0.15) is 66.4 Å². The molecule has 13 heteroatoms. The van der Waals surface area contributed by atoms with Crippen LogP contribution in [-0.2, 0) is 30.4 Å². The van der Waals surface area contributed by atoms with E-state index < -0.39 is 53.8 Å². The third-order valence-electron chi connectivity index (χ3n) is 5.81. The smallest absolute Gasteiger partial charge is 0.429 e. The van der Waals surface area contributed by atoms with E-state index in [1.807, 2.05) is 6.07 Å². The Balaban J connectivity index is 2.17. The van der Waals surface area contributed by atoms with Crippen molar-refractivity contribution in [3.8, 4) is 0 Å². The summed E-state index contributed by atoms with van der Waals surface area (Å²) in [6, 6.07) is 7.52. The van der Waals surface area contributed by atoms with Crippen LogP contribution in [0.2, 0.25) is 0 Å². The quantitative estimate of drug-likeness (QED) is 0.237. The maximum Gasteiger partial charge on any atom is 0.429 e. The van der Waals surface area contributed by atoms with Gasteiger partial charge in [0.1, 0.15) is 23.9 Å². The van der Waals surface area contributed by atoms with Gasteiger partial charge in [-0.15, -0.1) is 0 Å². The van der Waals surface area contributed by atoms with Gasteiger partial charge in [-0.2, -0.15) is 0 Å². The molecule has 0 spiro atoms. The highest BCUT2D eigenvalue weighted by Crippen LogP contribution is 2.20. The van der Waals surface area contributed by atoms with Gasteiger partial charge in [0.15, 0.2) is 0 Å². The lowest BCUT2D eigenvalue weighted by Gasteiger charge is -2.34. The van der Waals surface area contributed by atoms with Gasteiger partial charge >= 0.3 is 24.2 Å². The van der Waals surface area contributed by atoms with Crippen LogP contribution in [0.15, 0.2) is 30.3 Å². The lowest BCUT2D eigenvalue weighted by molar-refractivity contribution is -0.147. The molecule has 1 aromatic carbocycles. The molecule has 41 heavy (non-hydrogen) atoms. The molecule has 13 nitrogen and oxygen atoms in total. The maximum absolute atomic E-state index is 13.4. The molecule has 4 amide bonds. The predicted octanol–water partition coefficient (Wildman–Crippen LogP) is 3.67. The van der Waals surface area contributed by atoms with Crippen LogP contribution in [0.25, 0.3) is 0 Å². The lowest BCUT2D eigenvalue weighted by Crippen LogP contribution is -2.57. The zero-order valence-electron chi connectivity index (χ0n) is 24.6. The SMILES string of the molecule is CC(C)(C)OC(=O)N[C@@H](CC(=O)OCc1ccccc1)C(=O)NN(CC1CCN(C(=O)O)CC1)C(=O)OC(C)(C)C. The Kier molecular flexibility index (Phi) is 11.8. The van der Waals surface area contributed by atoms with Crippen molar-refractivity contribution in [1.29, 1.82) is 0 Å². The van der Waals surface area contributed by atoms with Gasteiger partial charge in [0.2, 0.25) is 0 Å². The van der Waals surface area contributed by atoms with E-state index in [0.29, 0.717) is 12.8 Å². The maximum atomic E-state index is 13.4. The molecule has 1 fully saturated rings. The van der Waals surface area contributed by atoms with Crippen molar-refractivity contribution in [2.45, 2.75) is 84.7 Å². The largest absolute Gasteiger partial charge is 0.465 e. The highest BCUT2D eigenvalue weighted by atomic mass is 16.6. The van der Waals surface area contributed by atoms with Crippen LogP contribution in [0.4, 0.5) is 14.4 Å². The van der Waals surface area contributed by atoms with Gasteiger partial charge in [-0.25, -0.2) is 19.4 Å². The van der Waals surface area contributed by atoms with Crippen molar-refractivity contribution >= 4 is 30.2 Å². The minimum absolute atomic E-state index is 0.0282. The van der Waals surface area contributed by atoms with Crippen LogP contribution in [0.3, 0.4) is 0 Å². The van der Waals surface area contributed by atoms with E-state index in [-0.39, 0.29) is 32.2 Å². The zero-order chi connectivity index (χ0) is 30.8. The molecule has 0 unspecified atom stereocenters. The molecule has 1 saturated heterocycles. The minimum atomic E-state index is -1.44. The molecule has 1 aliphatic rings. The number of rotatable bonds is 8. The van der Waals surface area contributed by atoms with Crippen molar-refractivity contribution in [2.24, 2.45) is 5.92 Å². The van der Waals surface area contributed by atoms with Gasteiger partial charge in [-0.1, -0.05) is 30.3 Å². The minimum Gasteiger partial charge on any atom is -0.465 e. The summed E-state index contributed by atoms with van der Waals surface area (Å²) in [5.41, 5.74) is 1.48. The number of ether oxygens (including phenoxy) is 3. The second kappa shape index (κ2) is 14.6. The molecule has 3 N–H and O–H groups in total. The van der Waals surface area contributed by atoms with Crippen LogP contribution in [0.5, 0.6) is 0 Å². The number of piperidine rings is 1. The molecule has 2 rings (SSSR count). The average Bonchev–Trinajstić information content (AvgIpc) is 2.85. The topological polar surface area (TPSA) is 164 Å². The first-order valence-electron chi connectivity index (χ1n) is 13.5. The van der Waals surface area contributed by atoms with E-state index >= 15 is 0 Å². The molecule has 0 radical (unpaired) electrons. The normalized spacial score (nSPS) is 14.8. The third kappa shape index (κ3) is 12.8. The van der Waals surface area contributed by atoms with E-state index in [4.69, 9.17) is 14.2 Å². The fraction of sp³-hybridized carbons (Fsp3) is 0.607. The van der Waals surface area contributed by atoms with Crippen molar-refractivity contribution in [3.05, 3.63) is 35.9 Å². The number of carbonyl (C=O) groups excluding carboxylic acids is 4. The van der Waals surface area contributed by atoms with Crippen LogP contribution in [0, 0.1) is 5.92 Å². The van der Waals surface area contributed by atoms with E-state index in [0.717, 1.165) is 10.6 Å². The number of nitrogens with one attached hydrogen (secondary N) is 2. The third-order valence-corrected chi connectivity index (χ3v) is 5.81. The Morgan fingerprint density at radius 3 is 2.10 bits per heavy atom. The number of amides is 4. The van der Waals surface area contributed by atoms with Gasteiger partial charge in [0.25, 0.3) is 5.91 Å². The summed E-state index contributed by atoms with van der Waals surface area (Å²) >= 11 is 0. The monoisotopic (exact) mass is 578 g/mol. The van der Waals surface area contributed by atoms with Gasteiger partial charge in [-0.3, -0.25) is 15.0 Å². The number of nitrogens with zero attached hydrogens (tertiary/aromatic N) is 2. The van der Waals surface area contributed by atoms with Gasteiger partial charge in [0.05, 0.1) is 6.42 Å². The predicted molar refractivity (Wildman–Crippen MR) is 147 cm³/mol. The van der Waals surface area contributed by atoms with Gasteiger partial charge < -0.3 is 29.5 Å². The van der Waals surface area contributed by atoms with E-state index in [2.05, 4.69) is 10.7 Å². The van der Waals surface area contributed by atoms with E-state index in [1.165, 1.54) is 4.90 Å². The summed E-state index contributed by atoms with van der Waals surface area (Å²) in [5.74, 6) is -1.75.